The van der Waals surface area contributed by atoms with Crippen LogP contribution in [0.5, 0.6) is 0 Å². The fraction of sp³-hybridized carbons (Fsp3) is 0.107. The number of nitro groups is 1. The van der Waals surface area contributed by atoms with E-state index < -0.39 is 34.7 Å². The van der Waals surface area contributed by atoms with Gasteiger partial charge in [-0.15, -0.1) is 0 Å². The molecular formula is C28H25N5O5. The number of non-ortho nitro benzene ring substituents is 1. The van der Waals surface area contributed by atoms with Gasteiger partial charge in [0.1, 0.15) is 12.1 Å². The molecule has 38 heavy (non-hydrogen) atoms. The Labute approximate surface area is 218 Å². The van der Waals surface area contributed by atoms with Gasteiger partial charge >= 0.3 is 0 Å². The lowest BCUT2D eigenvalue weighted by molar-refractivity contribution is -0.384. The summed E-state index contributed by atoms with van der Waals surface area (Å²) in [5.41, 5.74) is 6.46. The molecule has 3 amide bonds. The lowest BCUT2D eigenvalue weighted by atomic mass is 10.0. The number of nitrogens with one attached hydrogen (secondary N) is 4. The lowest BCUT2D eigenvalue weighted by Crippen LogP contribution is -2.50. The predicted molar refractivity (Wildman–Crippen MR) is 143 cm³/mol. The maximum absolute atomic E-state index is 13.3. The zero-order valence-corrected chi connectivity index (χ0v) is 20.4. The van der Waals surface area contributed by atoms with E-state index >= 15 is 0 Å². The molecular weight excluding hydrogens is 486 g/mol. The number of carbonyl (C=O) groups excluding carboxylic acids is 3. The summed E-state index contributed by atoms with van der Waals surface area (Å²) >= 11 is 0. The summed E-state index contributed by atoms with van der Waals surface area (Å²) in [6.07, 6.45) is 0. The molecule has 0 fully saturated rings. The van der Waals surface area contributed by atoms with E-state index in [9.17, 15) is 24.5 Å². The number of hydrazine groups is 1. The van der Waals surface area contributed by atoms with Gasteiger partial charge in [-0.3, -0.25) is 35.3 Å². The Morgan fingerprint density at radius 2 is 1.42 bits per heavy atom. The SMILES string of the molecule is CC(NC(=O)[C@@H](NC(=O)c1cccc2ccccc12)c1ccc([N+](=O)[O-])cc1)C(=O)NNc1ccccc1. The van der Waals surface area contributed by atoms with Crippen molar-refractivity contribution < 1.29 is 19.3 Å². The smallest absolute Gasteiger partial charge is 0.269 e. The number of amides is 3. The summed E-state index contributed by atoms with van der Waals surface area (Å²) in [4.78, 5) is 49.7. The molecule has 0 aromatic heterocycles. The maximum Gasteiger partial charge on any atom is 0.269 e. The molecule has 0 radical (unpaired) electrons. The average Bonchev–Trinajstić information content (AvgIpc) is 2.94. The number of hydrogen-bond acceptors (Lipinski definition) is 6. The number of anilines is 1. The van der Waals surface area contributed by atoms with E-state index in [4.69, 9.17) is 0 Å². The monoisotopic (exact) mass is 511 g/mol. The van der Waals surface area contributed by atoms with Crippen LogP contribution < -0.4 is 21.5 Å². The Morgan fingerprint density at radius 1 is 0.763 bits per heavy atom. The number of nitrogens with zero attached hydrogens (tertiary/aromatic N) is 1. The van der Waals surface area contributed by atoms with E-state index in [0.29, 0.717) is 22.2 Å². The second kappa shape index (κ2) is 11.7. The van der Waals surface area contributed by atoms with Crippen LogP contribution in [0.4, 0.5) is 11.4 Å². The van der Waals surface area contributed by atoms with E-state index in [2.05, 4.69) is 21.5 Å². The van der Waals surface area contributed by atoms with Crippen LogP contribution >= 0.6 is 0 Å². The van der Waals surface area contributed by atoms with Gasteiger partial charge in [0.15, 0.2) is 0 Å². The fourth-order valence-corrected chi connectivity index (χ4v) is 3.85. The number of para-hydroxylation sites is 1. The van der Waals surface area contributed by atoms with Crippen molar-refractivity contribution in [1.29, 1.82) is 0 Å². The van der Waals surface area contributed by atoms with Crippen LogP contribution in [0, 0.1) is 10.1 Å². The number of nitro benzene ring substituents is 1. The zero-order chi connectivity index (χ0) is 27.1. The van der Waals surface area contributed by atoms with Gasteiger partial charge in [-0.25, -0.2) is 0 Å². The molecule has 0 bridgehead atoms. The Kier molecular flexibility index (Phi) is 7.92. The van der Waals surface area contributed by atoms with Gasteiger partial charge in [0, 0.05) is 17.7 Å². The largest absolute Gasteiger partial charge is 0.342 e. The molecule has 1 unspecified atom stereocenters. The van der Waals surface area contributed by atoms with Gasteiger partial charge < -0.3 is 10.6 Å². The molecule has 0 aliphatic heterocycles. The van der Waals surface area contributed by atoms with Gasteiger partial charge in [0.05, 0.1) is 10.6 Å². The first-order valence-electron chi connectivity index (χ1n) is 11.8. The highest BCUT2D eigenvalue weighted by atomic mass is 16.6. The van der Waals surface area contributed by atoms with Gasteiger partial charge in [-0.1, -0.05) is 54.6 Å². The van der Waals surface area contributed by atoms with Crippen LogP contribution in [0.2, 0.25) is 0 Å². The van der Waals surface area contributed by atoms with Gasteiger partial charge in [-0.2, -0.15) is 0 Å². The summed E-state index contributed by atoms with van der Waals surface area (Å²) in [6.45, 7) is 1.50. The van der Waals surface area contributed by atoms with Crippen LogP contribution in [0.15, 0.2) is 97.1 Å². The van der Waals surface area contributed by atoms with Gasteiger partial charge in [-0.05, 0) is 53.6 Å². The second-order valence-corrected chi connectivity index (χ2v) is 8.49. The third kappa shape index (κ3) is 6.11. The topological polar surface area (TPSA) is 142 Å². The Morgan fingerprint density at radius 3 is 2.13 bits per heavy atom. The minimum atomic E-state index is -1.22. The molecule has 2 atom stereocenters. The van der Waals surface area contributed by atoms with Crippen LogP contribution in [-0.2, 0) is 9.59 Å². The second-order valence-electron chi connectivity index (χ2n) is 8.49. The Balaban J connectivity index is 1.54. The molecule has 4 N–H and O–H groups in total. The highest BCUT2D eigenvalue weighted by molar-refractivity contribution is 6.08. The third-order valence-corrected chi connectivity index (χ3v) is 5.86. The molecule has 0 saturated heterocycles. The van der Waals surface area contributed by atoms with Gasteiger partial charge in [0.25, 0.3) is 17.5 Å². The number of benzene rings is 4. The zero-order valence-electron chi connectivity index (χ0n) is 20.4. The Hall–Kier alpha value is -5.25. The summed E-state index contributed by atoms with van der Waals surface area (Å²) in [6, 6.07) is 24.7. The summed E-state index contributed by atoms with van der Waals surface area (Å²) in [5.74, 6) is -1.68. The molecule has 4 aromatic carbocycles. The van der Waals surface area contributed by atoms with Crippen molar-refractivity contribution >= 4 is 39.9 Å². The normalized spacial score (nSPS) is 12.1. The van der Waals surface area contributed by atoms with Crippen LogP contribution in [0.1, 0.15) is 28.9 Å². The van der Waals surface area contributed by atoms with Crippen molar-refractivity contribution in [3.05, 3.63) is 118 Å². The van der Waals surface area contributed by atoms with Crippen molar-refractivity contribution in [2.24, 2.45) is 0 Å². The summed E-state index contributed by atoms with van der Waals surface area (Å²) < 4.78 is 0. The molecule has 10 heteroatoms. The first-order valence-corrected chi connectivity index (χ1v) is 11.8. The van der Waals surface area contributed by atoms with Gasteiger partial charge in [0.2, 0.25) is 5.91 Å². The maximum atomic E-state index is 13.3. The van der Waals surface area contributed by atoms with Crippen LogP contribution in [0.25, 0.3) is 10.8 Å². The molecule has 0 saturated carbocycles. The van der Waals surface area contributed by atoms with Crippen molar-refractivity contribution in [2.75, 3.05) is 5.43 Å². The first kappa shape index (κ1) is 25.8. The number of carbonyl (C=O) groups is 3. The molecule has 0 aliphatic carbocycles. The highest BCUT2D eigenvalue weighted by Gasteiger charge is 2.27. The average molecular weight is 512 g/mol. The Bertz CT molecular complexity index is 1470. The van der Waals surface area contributed by atoms with Crippen molar-refractivity contribution in [1.82, 2.24) is 16.1 Å². The van der Waals surface area contributed by atoms with E-state index in [1.54, 1.807) is 42.5 Å². The molecule has 0 heterocycles. The summed E-state index contributed by atoms with van der Waals surface area (Å²) in [7, 11) is 0. The van der Waals surface area contributed by atoms with Crippen molar-refractivity contribution in [2.45, 2.75) is 19.0 Å². The third-order valence-electron chi connectivity index (χ3n) is 5.86. The fourth-order valence-electron chi connectivity index (χ4n) is 3.85. The van der Waals surface area contributed by atoms with E-state index in [0.717, 1.165) is 5.39 Å². The highest BCUT2D eigenvalue weighted by Crippen LogP contribution is 2.22. The van der Waals surface area contributed by atoms with E-state index in [1.165, 1.54) is 31.2 Å². The number of hydrogen-bond donors (Lipinski definition) is 4. The van der Waals surface area contributed by atoms with Crippen molar-refractivity contribution in [3.63, 3.8) is 0 Å². The molecule has 192 valence electrons. The molecule has 0 aliphatic rings. The van der Waals surface area contributed by atoms with Crippen LogP contribution in [-0.4, -0.2) is 28.7 Å². The van der Waals surface area contributed by atoms with E-state index in [-0.39, 0.29) is 5.69 Å². The number of rotatable bonds is 9. The minimum absolute atomic E-state index is 0.159. The lowest BCUT2D eigenvalue weighted by Gasteiger charge is -2.22. The van der Waals surface area contributed by atoms with E-state index in [1.807, 2.05) is 30.3 Å². The summed E-state index contributed by atoms with van der Waals surface area (Å²) in [5, 5.41) is 18.0. The molecule has 0 spiro atoms. The molecule has 4 aromatic rings. The first-order chi connectivity index (χ1) is 18.3. The number of fused-ring (bicyclic) bond motifs is 1. The standard InChI is InChI=1S/C28H25N5O5/c1-18(26(34)32-31-21-10-3-2-4-11-21)29-28(36)25(20-14-16-22(17-15-20)33(37)38)30-27(35)24-13-7-9-19-8-5-6-12-23(19)24/h2-18,25,31H,1H3,(H,29,36)(H,30,35)(H,32,34)/t18?,25-/m0/s1. The van der Waals surface area contributed by atoms with Crippen molar-refractivity contribution in [3.8, 4) is 0 Å². The molecule has 10 nitrogen and oxygen atoms in total. The quantitative estimate of drug-likeness (QED) is 0.199. The molecule has 4 rings (SSSR count). The van der Waals surface area contributed by atoms with Crippen LogP contribution in [0.3, 0.4) is 0 Å². The predicted octanol–water partition coefficient (Wildman–Crippen LogP) is 3.87. The minimum Gasteiger partial charge on any atom is -0.342 e.